The van der Waals surface area contributed by atoms with Crippen molar-refractivity contribution in [3.63, 3.8) is 0 Å². The third-order valence-electron chi connectivity index (χ3n) is 8.50. The van der Waals surface area contributed by atoms with Crippen LogP contribution in [-0.2, 0) is 22.7 Å². The van der Waals surface area contributed by atoms with Crippen LogP contribution in [-0.4, -0.2) is 49.1 Å². The van der Waals surface area contributed by atoms with Crippen molar-refractivity contribution < 1.29 is 34.0 Å². The molecule has 4 aromatic carbocycles. The Morgan fingerprint density at radius 2 is 1.42 bits per heavy atom. The molecule has 0 aliphatic rings. The van der Waals surface area contributed by atoms with Gasteiger partial charge in [-0.25, -0.2) is 4.39 Å². The summed E-state index contributed by atoms with van der Waals surface area (Å²) in [7, 11) is 0. The molecule has 1 amide bonds. The van der Waals surface area contributed by atoms with Crippen molar-refractivity contribution in [3.8, 4) is 22.4 Å². The number of carbonyl (C=O) groups is 2. The highest BCUT2D eigenvalue weighted by atomic mass is 32.1. The van der Waals surface area contributed by atoms with E-state index in [1.54, 1.807) is 24.3 Å². The summed E-state index contributed by atoms with van der Waals surface area (Å²) in [4.78, 5) is 25.6. The lowest BCUT2D eigenvalue weighted by atomic mass is 9.94. The van der Waals surface area contributed by atoms with Gasteiger partial charge in [-0.15, -0.1) is 0 Å². The number of carboxylic acid groups (broad SMARTS) is 1. The van der Waals surface area contributed by atoms with E-state index >= 15 is 0 Å². The van der Waals surface area contributed by atoms with Crippen LogP contribution in [0.25, 0.3) is 22.4 Å². The summed E-state index contributed by atoms with van der Waals surface area (Å²) in [5, 5.41) is 36.4. The van der Waals surface area contributed by atoms with Crippen LogP contribution >= 0.6 is 12.2 Å². The van der Waals surface area contributed by atoms with Crippen LogP contribution in [0.4, 0.5) is 15.8 Å². The van der Waals surface area contributed by atoms with Crippen molar-refractivity contribution in [1.29, 1.82) is 0 Å². The zero-order valence-electron chi connectivity index (χ0n) is 29.0. The molecule has 5 aromatic rings. The number of rotatable bonds is 15. The molecule has 270 valence electrons. The van der Waals surface area contributed by atoms with Gasteiger partial charge in [0.25, 0.3) is 11.1 Å². The minimum atomic E-state index is -1.21. The van der Waals surface area contributed by atoms with Crippen LogP contribution in [0, 0.1) is 5.82 Å². The molecule has 2 atom stereocenters. The van der Waals surface area contributed by atoms with Gasteiger partial charge in [-0.2, -0.15) is 0 Å². The smallest absolute Gasteiger partial charge is 0.305 e. The van der Waals surface area contributed by atoms with Gasteiger partial charge in [0.15, 0.2) is 0 Å². The second-order valence-corrected chi connectivity index (χ2v) is 13.2. The minimum Gasteiger partial charge on any atom is -0.481 e. The molecule has 1 aromatic heterocycles. The number of para-hydroxylation sites is 1. The number of halogens is 1. The Morgan fingerprint density at radius 3 is 2.04 bits per heavy atom. The van der Waals surface area contributed by atoms with Crippen LogP contribution < -0.4 is 10.6 Å². The number of thiocarbonyl (C=S) groups is 1. The fourth-order valence-corrected chi connectivity index (χ4v) is 6.37. The van der Waals surface area contributed by atoms with Crippen molar-refractivity contribution >= 4 is 40.6 Å². The maximum Gasteiger partial charge on any atom is 0.305 e. The zero-order valence-corrected chi connectivity index (χ0v) is 29.8. The fourth-order valence-electron chi connectivity index (χ4n) is 6.19. The Bertz CT molecular complexity index is 1970. The monoisotopic (exact) mass is 723 g/mol. The first-order valence-corrected chi connectivity index (χ1v) is 17.5. The van der Waals surface area contributed by atoms with Crippen molar-refractivity contribution in [2.24, 2.45) is 0 Å². The number of hydrogen-bond acceptors (Lipinski definition) is 6. The number of hydrogen-bond donors (Lipinski definition) is 5. The lowest BCUT2D eigenvalue weighted by molar-refractivity contribution is -0.139. The second-order valence-electron chi connectivity index (χ2n) is 12.8. The van der Waals surface area contributed by atoms with Gasteiger partial charge < -0.3 is 35.3 Å². The molecule has 9 nitrogen and oxygen atoms in total. The minimum absolute atomic E-state index is 0.119. The number of nitrogens with zero attached hydrogens (tertiary/aromatic N) is 1. The van der Waals surface area contributed by atoms with Gasteiger partial charge in [0.2, 0.25) is 0 Å². The summed E-state index contributed by atoms with van der Waals surface area (Å²) < 4.78 is 21.9. The quantitative estimate of drug-likeness (QED) is 0.0683. The zero-order chi connectivity index (χ0) is 37.2. The van der Waals surface area contributed by atoms with Crippen LogP contribution in [0.15, 0.2) is 109 Å². The Balaban J connectivity index is 1.48. The topological polar surface area (TPSA) is 133 Å². The normalized spacial score (nSPS) is 12.3. The lowest BCUT2D eigenvalue weighted by Gasteiger charge is -2.20. The van der Waals surface area contributed by atoms with Gasteiger partial charge in [0.1, 0.15) is 12.4 Å². The summed E-state index contributed by atoms with van der Waals surface area (Å²) in [6, 6.07) is 32.3. The largest absolute Gasteiger partial charge is 0.481 e. The van der Waals surface area contributed by atoms with E-state index < -0.39 is 30.4 Å². The number of ether oxygens (including phenoxy) is 1. The molecule has 0 radical (unpaired) electrons. The molecule has 0 saturated heterocycles. The predicted octanol–water partition coefficient (Wildman–Crippen LogP) is 8.23. The van der Waals surface area contributed by atoms with E-state index in [1.807, 2.05) is 91.2 Å². The number of aliphatic hydroxyl groups excluding tert-OH is 2. The number of aromatic nitrogens is 1. The number of nitrogens with one attached hydrogen (secondary N) is 2. The first-order valence-electron chi connectivity index (χ1n) is 17.0. The lowest BCUT2D eigenvalue weighted by Crippen LogP contribution is -2.22. The Morgan fingerprint density at radius 1 is 0.808 bits per heavy atom. The van der Waals surface area contributed by atoms with E-state index in [1.165, 1.54) is 12.1 Å². The van der Waals surface area contributed by atoms with Crippen LogP contribution in [0.1, 0.15) is 60.6 Å². The summed E-state index contributed by atoms with van der Waals surface area (Å²) in [6.45, 7) is 4.42. The Hall–Kier alpha value is -5.36. The van der Waals surface area contributed by atoms with Gasteiger partial charge in [-0.05, 0) is 96.2 Å². The molecular weight excluding hydrogens is 682 g/mol. The van der Waals surface area contributed by atoms with Gasteiger partial charge in [-0.3, -0.25) is 9.59 Å². The Labute approximate surface area is 307 Å². The number of carbonyl (C=O) groups excluding carboxylic acids is 1. The highest BCUT2D eigenvalue weighted by molar-refractivity contribution is 7.80. The van der Waals surface area contributed by atoms with E-state index in [0.29, 0.717) is 33.8 Å². The molecule has 0 unspecified atom stereocenters. The van der Waals surface area contributed by atoms with Gasteiger partial charge >= 0.3 is 5.97 Å². The Kier molecular flexibility index (Phi) is 12.9. The molecule has 52 heavy (non-hydrogen) atoms. The van der Waals surface area contributed by atoms with E-state index in [0.717, 1.165) is 16.8 Å². The van der Waals surface area contributed by atoms with Crippen molar-refractivity contribution in [2.45, 2.75) is 64.4 Å². The first-order chi connectivity index (χ1) is 25.0. The van der Waals surface area contributed by atoms with E-state index in [-0.39, 0.29) is 43.0 Å². The fraction of sp³-hybridized carbons (Fsp3) is 0.244. The first kappa shape index (κ1) is 37.9. The van der Waals surface area contributed by atoms with Crippen LogP contribution in [0.3, 0.4) is 0 Å². The molecule has 11 heteroatoms. The third-order valence-corrected chi connectivity index (χ3v) is 8.72. The molecule has 0 aliphatic heterocycles. The van der Waals surface area contributed by atoms with Crippen molar-refractivity contribution in [2.75, 3.05) is 10.6 Å². The number of carboxylic acids is 1. The maximum absolute atomic E-state index is 14.5. The standard InChI is InChI=1S/C41H42FN3O6S/c1-26(2)38-37(40(50)43-32-19-13-27(14-20-32)25-51-41(52)44-31-11-7-4-8-12-31)36(28-9-5-3-6-10-28)39(29-15-17-30(42)18-16-29)45(38)22-21-33(46)23-34(47)24-35(48)49/h3-20,26,33-34,46-47H,21-25H2,1-2H3,(H,43,50)(H,44,52)(H,48,49)/t33-,34-/m1/s1. The molecule has 1 heterocycles. The molecule has 0 bridgehead atoms. The molecule has 0 aliphatic carbocycles. The molecule has 5 N–H and O–H groups in total. The van der Waals surface area contributed by atoms with Gasteiger partial charge in [0.05, 0.1) is 29.9 Å². The summed E-state index contributed by atoms with van der Waals surface area (Å²) in [5.41, 5.74) is 6.14. The third kappa shape index (κ3) is 9.91. The summed E-state index contributed by atoms with van der Waals surface area (Å²) in [6.07, 6.45) is -2.65. The highest BCUT2D eigenvalue weighted by Crippen LogP contribution is 2.42. The summed E-state index contributed by atoms with van der Waals surface area (Å²) >= 11 is 5.32. The summed E-state index contributed by atoms with van der Waals surface area (Å²) in [5.74, 6) is -2.08. The van der Waals surface area contributed by atoms with Crippen LogP contribution in [0.5, 0.6) is 0 Å². The van der Waals surface area contributed by atoms with E-state index in [4.69, 9.17) is 22.1 Å². The average molecular weight is 724 g/mol. The average Bonchev–Trinajstić information content (AvgIpc) is 3.47. The molecule has 5 rings (SSSR count). The number of benzene rings is 4. The number of anilines is 2. The molecular formula is C41H42FN3O6S. The van der Waals surface area contributed by atoms with E-state index in [2.05, 4.69) is 10.6 Å². The molecule has 0 saturated carbocycles. The SMILES string of the molecule is CC(C)c1c(C(=O)Nc2ccc(COC(=S)Nc3ccccc3)cc2)c(-c2ccccc2)c(-c2ccc(F)cc2)n1CC[C@@H](O)C[C@@H](O)CC(=O)O. The number of aliphatic carboxylic acids is 1. The van der Waals surface area contributed by atoms with Gasteiger partial charge in [0, 0.05) is 29.2 Å². The molecule has 0 spiro atoms. The van der Waals surface area contributed by atoms with Crippen molar-refractivity contribution in [3.05, 3.63) is 132 Å². The van der Waals surface area contributed by atoms with Crippen LogP contribution in [0.2, 0.25) is 0 Å². The van der Waals surface area contributed by atoms with Gasteiger partial charge in [-0.1, -0.05) is 74.5 Å². The maximum atomic E-state index is 14.5. The highest BCUT2D eigenvalue weighted by Gasteiger charge is 2.31. The number of aliphatic hydroxyl groups is 2. The second kappa shape index (κ2) is 17.7. The number of amides is 1. The molecule has 0 fully saturated rings. The predicted molar refractivity (Wildman–Crippen MR) is 205 cm³/mol. The van der Waals surface area contributed by atoms with Crippen molar-refractivity contribution in [1.82, 2.24) is 4.57 Å². The van der Waals surface area contributed by atoms with E-state index in [9.17, 15) is 24.2 Å².